The van der Waals surface area contributed by atoms with E-state index in [1.54, 1.807) is 6.92 Å². The van der Waals surface area contributed by atoms with Gasteiger partial charge in [-0.25, -0.2) is 4.68 Å². The number of nitrogens with one attached hydrogen (secondary N) is 1. The molecule has 8 heteroatoms. The normalized spacial score (nSPS) is 11.3. The fourth-order valence-corrected chi connectivity index (χ4v) is 2.02. The Hall–Kier alpha value is -2.64. The van der Waals surface area contributed by atoms with E-state index in [1.165, 1.54) is 19.1 Å². The van der Waals surface area contributed by atoms with Crippen molar-refractivity contribution in [3.63, 3.8) is 0 Å². The van der Waals surface area contributed by atoms with E-state index in [0.717, 1.165) is 22.9 Å². The fraction of sp³-hybridized carbons (Fsp3) is 0.267. The molecule has 1 aromatic carbocycles. The van der Waals surface area contributed by atoms with Gasteiger partial charge in [0.25, 0.3) is 5.91 Å². The van der Waals surface area contributed by atoms with E-state index in [0.29, 0.717) is 12.2 Å². The highest BCUT2D eigenvalue weighted by Crippen LogP contribution is 2.30. The summed E-state index contributed by atoms with van der Waals surface area (Å²) in [5.41, 5.74) is -1.36. The molecular weight excluding hydrogens is 311 g/mol. The Morgan fingerprint density at radius 3 is 2.61 bits per heavy atom. The topological polar surface area (TPSA) is 64.0 Å². The van der Waals surface area contributed by atoms with E-state index in [-0.39, 0.29) is 11.4 Å². The van der Waals surface area contributed by atoms with E-state index in [4.69, 9.17) is 0 Å². The van der Waals surface area contributed by atoms with Crippen LogP contribution in [-0.2, 0) is 6.18 Å². The number of rotatable bonds is 3. The van der Waals surface area contributed by atoms with Crippen LogP contribution >= 0.6 is 0 Å². The highest BCUT2D eigenvalue weighted by Gasteiger charge is 2.30. The van der Waals surface area contributed by atoms with Gasteiger partial charge in [-0.15, -0.1) is 0 Å². The molecule has 1 aromatic heterocycles. The molecule has 0 aliphatic rings. The first kappa shape index (κ1) is 16.7. The van der Waals surface area contributed by atoms with Crippen molar-refractivity contribution in [2.24, 2.45) is 0 Å². The van der Waals surface area contributed by atoms with Gasteiger partial charge < -0.3 is 5.32 Å². The monoisotopic (exact) mass is 325 g/mol. The predicted molar refractivity (Wildman–Crippen MR) is 77.6 cm³/mol. The van der Waals surface area contributed by atoms with E-state index < -0.39 is 23.1 Å². The zero-order valence-corrected chi connectivity index (χ0v) is 12.4. The number of hydrogen-bond donors (Lipinski definition) is 1. The van der Waals surface area contributed by atoms with Gasteiger partial charge in [0.15, 0.2) is 5.69 Å². The summed E-state index contributed by atoms with van der Waals surface area (Å²) in [6.07, 6.45) is -4.49. The quantitative estimate of drug-likeness (QED) is 0.942. The van der Waals surface area contributed by atoms with Crippen LogP contribution in [0.1, 0.15) is 28.7 Å². The average molecular weight is 325 g/mol. The summed E-state index contributed by atoms with van der Waals surface area (Å²) in [5.74, 6) is -0.668. The number of amides is 1. The first-order valence-corrected chi connectivity index (χ1v) is 6.81. The van der Waals surface area contributed by atoms with Crippen molar-refractivity contribution in [1.29, 1.82) is 0 Å². The van der Waals surface area contributed by atoms with Crippen LogP contribution in [0.15, 0.2) is 35.1 Å². The molecule has 0 aliphatic heterocycles. The molecule has 0 saturated carbocycles. The summed E-state index contributed by atoms with van der Waals surface area (Å²) in [6, 6.07) is 5.67. The summed E-state index contributed by atoms with van der Waals surface area (Å²) in [5, 5.41) is 6.35. The molecule has 0 fully saturated rings. The van der Waals surface area contributed by atoms with Crippen LogP contribution in [0.4, 0.5) is 13.2 Å². The van der Waals surface area contributed by atoms with Crippen LogP contribution < -0.4 is 10.7 Å². The van der Waals surface area contributed by atoms with Crippen LogP contribution in [-0.4, -0.2) is 22.2 Å². The number of carbonyl (C=O) groups excluding carboxylic acids is 1. The van der Waals surface area contributed by atoms with Gasteiger partial charge in [0.05, 0.1) is 11.3 Å². The van der Waals surface area contributed by atoms with Crippen LogP contribution in [0.25, 0.3) is 5.69 Å². The predicted octanol–water partition coefficient (Wildman–Crippen LogP) is 2.31. The van der Waals surface area contributed by atoms with E-state index in [2.05, 4.69) is 10.4 Å². The van der Waals surface area contributed by atoms with Crippen molar-refractivity contribution in [3.8, 4) is 5.69 Å². The second-order valence-electron chi connectivity index (χ2n) is 4.82. The lowest BCUT2D eigenvalue weighted by molar-refractivity contribution is -0.137. The number of carbonyl (C=O) groups is 1. The SMILES string of the molecule is CCNC(=O)c1nn(-c2cccc(C(F)(F)F)c2)c(C)cc1=O. The number of hydrogen-bond acceptors (Lipinski definition) is 3. The first-order valence-electron chi connectivity index (χ1n) is 6.81. The van der Waals surface area contributed by atoms with Crippen LogP contribution in [0.2, 0.25) is 0 Å². The Morgan fingerprint density at radius 1 is 1.30 bits per heavy atom. The molecule has 5 nitrogen and oxygen atoms in total. The number of aryl methyl sites for hydroxylation is 1. The van der Waals surface area contributed by atoms with Crippen molar-refractivity contribution >= 4 is 5.91 Å². The molecule has 1 heterocycles. The van der Waals surface area contributed by atoms with Gasteiger partial charge in [0, 0.05) is 18.3 Å². The Kier molecular flexibility index (Phi) is 4.53. The van der Waals surface area contributed by atoms with Gasteiger partial charge in [0.2, 0.25) is 5.43 Å². The van der Waals surface area contributed by atoms with Crippen molar-refractivity contribution < 1.29 is 18.0 Å². The van der Waals surface area contributed by atoms with Gasteiger partial charge in [0.1, 0.15) is 0 Å². The number of nitrogens with zero attached hydrogens (tertiary/aromatic N) is 2. The lowest BCUT2D eigenvalue weighted by atomic mass is 10.2. The molecule has 122 valence electrons. The molecule has 0 saturated heterocycles. The van der Waals surface area contributed by atoms with E-state index >= 15 is 0 Å². The van der Waals surface area contributed by atoms with Gasteiger partial charge in [-0.2, -0.15) is 18.3 Å². The summed E-state index contributed by atoms with van der Waals surface area (Å²) in [4.78, 5) is 23.7. The third-order valence-corrected chi connectivity index (χ3v) is 3.08. The Bertz CT molecular complexity index is 797. The number of benzene rings is 1. The molecule has 0 radical (unpaired) electrons. The number of alkyl halides is 3. The molecule has 23 heavy (non-hydrogen) atoms. The van der Waals surface area contributed by atoms with Crippen LogP contribution in [0.5, 0.6) is 0 Å². The van der Waals surface area contributed by atoms with Crippen molar-refractivity contribution in [1.82, 2.24) is 15.1 Å². The molecule has 0 unspecified atom stereocenters. The molecule has 2 rings (SSSR count). The van der Waals surface area contributed by atoms with Crippen LogP contribution in [0.3, 0.4) is 0 Å². The minimum absolute atomic E-state index is 0.114. The largest absolute Gasteiger partial charge is 0.416 e. The Morgan fingerprint density at radius 2 is 2.00 bits per heavy atom. The highest BCUT2D eigenvalue weighted by atomic mass is 19.4. The molecule has 0 atom stereocenters. The van der Waals surface area contributed by atoms with E-state index in [1.807, 2.05) is 0 Å². The molecular formula is C15H14F3N3O2. The maximum atomic E-state index is 12.8. The van der Waals surface area contributed by atoms with Crippen molar-refractivity contribution in [3.05, 3.63) is 57.5 Å². The molecule has 1 amide bonds. The first-order chi connectivity index (χ1) is 10.7. The van der Waals surface area contributed by atoms with Gasteiger partial charge in [-0.3, -0.25) is 9.59 Å². The van der Waals surface area contributed by atoms with Crippen LogP contribution in [0, 0.1) is 6.92 Å². The number of aromatic nitrogens is 2. The van der Waals surface area contributed by atoms with Gasteiger partial charge in [-0.1, -0.05) is 6.07 Å². The maximum Gasteiger partial charge on any atom is 0.416 e. The minimum atomic E-state index is -4.49. The molecule has 2 aromatic rings. The lowest BCUT2D eigenvalue weighted by Crippen LogP contribution is -2.31. The third kappa shape index (κ3) is 3.58. The maximum absolute atomic E-state index is 12.8. The zero-order valence-electron chi connectivity index (χ0n) is 12.4. The minimum Gasteiger partial charge on any atom is -0.351 e. The third-order valence-electron chi connectivity index (χ3n) is 3.08. The smallest absolute Gasteiger partial charge is 0.351 e. The van der Waals surface area contributed by atoms with Crippen molar-refractivity contribution in [2.45, 2.75) is 20.0 Å². The fourth-order valence-electron chi connectivity index (χ4n) is 2.02. The number of halogens is 3. The molecule has 0 spiro atoms. The second-order valence-corrected chi connectivity index (χ2v) is 4.82. The second kappa shape index (κ2) is 6.23. The summed E-state index contributed by atoms with van der Waals surface area (Å²) >= 11 is 0. The average Bonchev–Trinajstić information content (AvgIpc) is 2.46. The summed E-state index contributed by atoms with van der Waals surface area (Å²) in [7, 11) is 0. The Balaban J connectivity index is 2.58. The lowest BCUT2D eigenvalue weighted by Gasteiger charge is -2.13. The molecule has 0 bridgehead atoms. The molecule has 0 aliphatic carbocycles. The van der Waals surface area contributed by atoms with Gasteiger partial charge >= 0.3 is 6.18 Å². The zero-order chi connectivity index (χ0) is 17.2. The van der Waals surface area contributed by atoms with E-state index in [9.17, 15) is 22.8 Å². The highest BCUT2D eigenvalue weighted by molar-refractivity contribution is 5.91. The summed E-state index contributed by atoms with van der Waals surface area (Å²) < 4.78 is 39.6. The summed E-state index contributed by atoms with van der Waals surface area (Å²) in [6.45, 7) is 3.50. The molecule has 1 N–H and O–H groups in total. The standard InChI is InChI=1S/C15H14F3N3O2/c1-3-19-14(23)13-12(22)7-9(2)21(20-13)11-6-4-5-10(8-11)15(16,17)18/h4-8H,3H2,1-2H3,(H,19,23). The Labute approximate surface area is 129 Å². The van der Waals surface area contributed by atoms with Crippen molar-refractivity contribution in [2.75, 3.05) is 6.54 Å². The van der Waals surface area contributed by atoms with Gasteiger partial charge in [-0.05, 0) is 32.0 Å².